The molecule has 4 aromatic rings. The van der Waals surface area contributed by atoms with E-state index in [0.29, 0.717) is 0 Å². The first-order chi connectivity index (χ1) is 12.7. The maximum Gasteiger partial charge on any atom is 0.259 e. The molecule has 4 nitrogen and oxygen atoms in total. The minimum absolute atomic E-state index is 0.0115. The molecule has 0 saturated heterocycles. The minimum Gasteiger partial charge on any atom is -0.335 e. The Morgan fingerprint density at radius 1 is 1.04 bits per heavy atom. The molecule has 1 aliphatic heterocycles. The number of hydrogen-bond acceptors (Lipinski definition) is 2. The van der Waals surface area contributed by atoms with E-state index >= 15 is 0 Å². The van der Waals surface area contributed by atoms with E-state index in [2.05, 4.69) is 32.2 Å². The number of carbonyl (C=O) groups is 1. The SMILES string of the molecule is O=C1c2ccccc2C(c2ccc3[nH][c]nc3c2)N1c1cccc(Br)c1. The van der Waals surface area contributed by atoms with Gasteiger partial charge >= 0.3 is 0 Å². The van der Waals surface area contributed by atoms with Crippen molar-refractivity contribution in [2.75, 3.05) is 4.90 Å². The maximum atomic E-state index is 13.2. The number of rotatable bonds is 2. The van der Waals surface area contributed by atoms with Gasteiger partial charge in [0.1, 0.15) is 0 Å². The summed E-state index contributed by atoms with van der Waals surface area (Å²) in [5.74, 6) is 0.0115. The van der Waals surface area contributed by atoms with Gasteiger partial charge < -0.3 is 4.98 Å². The zero-order valence-corrected chi connectivity index (χ0v) is 15.2. The molecule has 1 N–H and O–H groups in total. The van der Waals surface area contributed by atoms with Gasteiger partial charge in [0, 0.05) is 15.7 Å². The van der Waals surface area contributed by atoms with Gasteiger partial charge in [0.05, 0.1) is 17.1 Å². The van der Waals surface area contributed by atoms with Crippen LogP contribution in [-0.2, 0) is 0 Å². The highest BCUT2D eigenvalue weighted by Crippen LogP contribution is 2.42. The lowest BCUT2D eigenvalue weighted by atomic mass is 9.97. The highest BCUT2D eigenvalue weighted by Gasteiger charge is 2.38. The molecule has 125 valence electrons. The Morgan fingerprint density at radius 3 is 2.81 bits per heavy atom. The van der Waals surface area contributed by atoms with Gasteiger partial charge in [-0.2, -0.15) is 0 Å². The Morgan fingerprint density at radius 2 is 1.92 bits per heavy atom. The molecule has 2 heterocycles. The average molecular weight is 403 g/mol. The molecule has 0 aliphatic carbocycles. The van der Waals surface area contributed by atoms with Gasteiger partial charge in [-0.3, -0.25) is 9.69 Å². The van der Waals surface area contributed by atoms with Gasteiger partial charge in [-0.1, -0.05) is 46.3 Å². The second-order valence-electron chi connectivity index (χ2n) is 6.27. The van der Waals surface area contributed by atoms with Gasteiger partial charge in [-0.15, -0.1) is 0 Å². The Kier molecular flexibility index (Phi) is 3.43. The predicted octanol–water partition coefficient (Wildman–Crippen LogP) is 4.88. The van der Waals surface area contributed by atoms with Crippen molar-refractivity contribution in [3.63, 3.8) is 0 Å². The number of amides is 1. The predicted molar refractivity (Wildman–Crippen MR) is 104 cm³/mol. The molecule has 0 bridgehead atoms. The average Bonchev–Trinajstić information content (AvgIpc) is 3.24. The Labute approximate surface area is 158 Å². The van der Waals surface area contributed by atoms with Crippen molar-refractivity contribution in [3.05, 3.63) is 94.2 Å². The lowest BCUT2D eigenvalue weighted by molar-refractivity contribution is 0.0993. The highest BCUT2D eigenvalue weighted by molar-refractivity contribution is 9.10. The molecule has 26 heavy (non-hydrogen) atoms. The third-order valence-corrected chi connectivity index (χ3v) is 5.25. The molecule has 1 aliphatic rings. The standard InChI is InChI=1S/C21H13BrN3O/c22-14-4-3-5-15(11-14)25-20(16-6-1-2-7-17(16)21(25)26)13-8-9-18-19(10-13)24-12-23-18/h1-11,20H,(H,23,24). The number of imidazole rings is 1. The van der Waals surface area contributed by atoms with Crippen LogP contribution in [0.3, 0.4) is 0 Å². The third-order valence-electron chi connectivity index (χ3n) is 4.75. The summed E-state index contributed by atoms with van der Waals surface area (Å²) in [4.78, 5) is 22.3. The summed E-state index contributed by atoms with van der Waals surface area (Å²) in [6.45, 7) is 0. The highest BCUT2D eigenvalue weighted by atomic mass is 79.9. The lowest BCUT2D eigenvalue weighted by Gasteiger charge is -2.26. The number of nitrogens with zero attached hydrogens (tertiary/aromatic N) is 2. The van der Waals surface area contributed by atoms with E-state index in [1.165, 1.54) is 0 Å². The molecule has 5 heteroatoms. The van der Waals surface area contributed by atoms with Crippen LogP contribution < -0.4 is 4.90 Å². The number of carbonyl (C=O) groups excluding carboxylic acids is 1. The van der Waals surface area contributed by atoms with Crippen molar-refractivity contribution in [3.8, 4) is 0 Å². The van der Waals surface area contributed by atoms with Crippen molar-refractivity contribution in [2.24, 2.45) is 0 Å². The fraction of sp³-hybridized carbons (Fsp3) is 0.0476. The second-order valence-corrected chi connectivity index (χ2v) is 7.19. The first-order valence-corrected chi connectivity index (χ1v) is 9.05. The quantitative estimate of drug-likeness (QED) is 0.519. The summed E-state index contributed by atoms with van der Waals surface area (Å²) in [5, 5.41) is 0. The number of halogens is 1. The maximum absolute atomic E-state index is 13.2. The monoisotopic (exact) mass is 402 g/mol. The molecule has 0 saturated carbocycles. The molecule has 1 radical (unpaired) electrons. The van der Waals surface area contributed by atoms with Gasteiger partial charge in [0.25, 0.3) is 5.91 Å². The molecular weight excluding hydrogens is 390 g/mol. The van der Waals surface area contributed by atoms with Crippen LogP contribution in [0, 0.1) is 6.33 Å². The number of aromatic nitrogens is 2. The first-order valence-electron chi connectivity index (χ1n) is 8.26. The second kappa shape index (κ2) is 5.81. The van der Waals surface area contributed by atoms with Gasteiger partial charge in [-0.25, -0.2) is 4.98 Å². The van der Waals surface area contributed by atoms with Gasteiger partial charge in [0.2, 0.25) is 0 Å². The van der Waals surface area contributed by atoms with Crippen LogP contribution in [0.15, 0.2) is 71.2 Å². The van der Waals surface area contributed by atoms with Crippen LogP contribution in [0.1, 0.15) is 27.5 Å². The summed E-state index contributed by atoms with van der Waals surface area (Å²) >= 11 is 3.51. The van der Waals surface area contributed by atoms with E-state index in [-0.39, 0.29) is 11.9 Å². The van der Waals surface area contributed by atoms with E-state index < -0.39 is 0 Å². The van der Waals surface area contributed by atoms with Crippen LogP contribution in [-0.4, -0.2) is 15.9 Å². The number of H-pyrrole nitrogens is 1. The Balaban J connectivity index is 1.73. The van der Waals surface area contributed by atoms with Crippen molar-refractivity contribution in [1.82, 2.24) is 9.97 Å². The summed E-state index contributed by atoms with van der Waals surface area (Å²) in [6.07, 6.45) is 2.77. The number of fused-ring (bicyclic) bond motifs is 2. The summed E-state index contributed by atoms with van der Waals surface area (Å²) in [7, 11) is 0. The number of aromatic amines is 1. The number of benzene rings is 3. The molecule has 3 aromatic carbocycles. The van der Waals surface area contributed by atoms with Crippen LogP contribution in [0.5, 0.6) is 0 Å². The smallest absolute Gasteiger partial charge is 0.259 e. The molecule has 0 fully saturated rings. The normalized spacial score (nSPS) is 16.3. The third kappa shape index (κ3) is 2.28. The Hall–Kier alpha value is -2.92. The van der Waals surface area contributed by atoms with Crippen molar-refractivity contribution < 1.29 is 4.79 Å². The van der Waals surface area contributed by atoms with E-state index in [1.807, 2.05) is 71.6 Å². The van der Waals surface area contributed by atoms with Gasteiger partial charge in [-0.05, 0) is 47.5 Å². The molecule has 1 aromatic heterocycles. The Bertz CT molecular complexity index is 1150. The fourth-order valence-electron chi connectivity index (χ4n) is 3.60. The number of nitrogens with one attached hydrogen (secondary N) is 1. The van der Waals surface area contributed by atoms with E-state index in [4.69, 9.17) is 0 Å². The van der Waals surface area contributed by atoms with E-state index in [1.54, 1.807) is 0 Å². The molecule has 5 rings (SSSR count). The summed E-state index contributed by atoms with van der Waals surface area (Å²) < 4.78 is 0.940. The minimum atomic E-state index is -0.186. The first kappa shape index (κ1) is 15.3. The number of anilines is 1. The zero-order chi connectivity index (χ0) is 17.7. The molecule has 1 amide bonds. The molecule has 1 unspecified atom stereocenters. The topological polar surface area (TPSA) is 49.0 Å². The lowest BCUT2D eigenvalue weighted by Crippen LogP contribution is -2.28. The van der Waals surface area contributed by atoms with Crippen LogP contribution >= 0.6 is 15.9 Å². The van der Waals surface area contributed by atoms with Crippen LogP contribution in [0.4, 0.5) is 5.69 Å². The summed E-state index contributed by atoms with van der Waals surface area (Å²) in [6, 6.07) is 21.5. The van der Waals surface area contributed by atoms with Crippen molar-refractivity contribution in [1.29, 1.82) is 0 Å². The largest absolute Gasteiger partial charge is 0.335 e. The van der Waals surface area contributed by atoms with Crippen LogP contribution in [0.2, 0.25) is 0 Å². The van der Waals surface area contributed by atoms with Crippen LogP contribution in [0.25, 0.3) is 11.0 Å². The van der Waals surface area contributed by atoms with Crippen molar-refractivity contribution >= 4 is 38.6 Å². The fourth-order valence-corrected chi connectivity index (χ4v) is 3.99. The van der Waals surface area contributed by atoms with E-state index in [9.17, 15) is 4.79 Å². The molecule has 1 atom stereocenters. The number of hydrogen-bond donors (Lipinski definition) is 1. The molecular formula is C21H13BrN3O. The summed E-state index contributed by atoms with van der Waals surface area (Å²) in [5.41, 5.74) is 5.41. The van der Waals surface area contributed by atoms with Crippen molar-refractivity contribution in [2.45, 2.75) is 6.04 Å². The van der Waals surface area contributed by atoms with E-state index in [0.717, 1.165) is 37.9 Å². The molecule has 0 spiro atoms. The zero-order valence-electron chi connectivity index (χ0n) is 13.6. The van der Waals surface area contributed by atoms with Gasteiger partial charge in [0.15, 0.2) is 6.33 Å².